The lowest BCUT2D eigenvalue weighted by molar-refractivity contribution is -0.151. The maximum Gasteiger partial charge on any atom is 0.327 e. The number of hydrogen-bond acceptors (Lipinski definition) is 6. The van der Waals surface area contributed by atoms with Crippen molar-refractivity contribution in [2.24, 2.45) is 5.84 Å². The van der Waals surface area contributed by atoms with Crippen LogP contribution in [0.3, 0.4) is 0 Å². The van der Waals surface area contributed by atoms with Crippen LogP contribution in [0.2, 0.25) is 0 Å². The summed E-state index contributed by atoms with van der Waals surface area (Å²) in [6.45, 7) is 2.35. The maximum absolute atomic E-state index is 11.2. The van der Waals surface area contributed by atoms with Gasteiger partial charge in [0, 0.05) is 19.6 Å². The highest BCUT2D eigenvalue weighted by Crippen LogP contribution is 1.98. The molecule has 0 aromatic carbocycles. The average Bonchev–Trinajstić information content (AvgIpc) is 2.40. The lowest BCUT2D eigenvalue weighted by atomic mass is 10.3. The predicted molar refractivity (Wildman–Crippen MR) is 52.1 cm³/mol. The fraction of sp³-hybridized carbons (Fsp3) is 0.750. The van der Waals surface area contributed by atoms with Gasteiger partial charge in [-0.2, -0.15) is 0 Å². The van der Waals surface area contributed by atoms with E-state index in [0.29, 0.717) is 19.6 Å². The molecule has 0 unspecified atom stereocenters. The van der Waals surface area contributed by atoms with Gasteiger partial charge < -0.3 is 10.2 Å². The summed E-state index contributed by atoms with van der Waals surface area (Å²) in [5.74, 6) is 4.38. The van der Waals surface area contributed by atoms with Gasteiger partial charge in [0.2, 0.25) is 5.91 Å². The highest BCUT2D eigenvalue weighted by Gasteiger charge is 2.15. The summed E-state index contributed by atoms with van der Waals surface area (Å²) < 4.78 is 0. The third kappa shape index (κ3) is 4.73. The molecule has 0 atom stereocenters. The number of nitrogens with two attached hydrogens (primary N) is 1. The molecule has 4 N–H and O–H groups in total. The second kappa shape index (κ2) is 6.33. The van der Waals surface area contributed by atoms with Gasteiger partial charge in [0.15, 0.2) is 0 Å². The topological polar surface area (TPSA) is 96.7 Å². The number of nitrogens with one attached hydrogen (secondary N) is 2. The summed E-state index contributed by atoms with van der Waals surface area (Å²) >= 11 is 0. The lowest BCUT2D eigenvalue weighted by Gasteiger charge is -2.17. The monoisotopic (exact) mass is 216 g/mol. The van der Waals surface area contributed by atoms with Gasteiger partial charge in [-0.15, -0.1) is 0 Å². The van der Waals surface area contributed by atoms with Crippen LogP contribution < -0.4 is 16.7 Å². The molecule has 7 heteroatoms. The van der Waals surface area contributed by atoms with Crippen LogP contribution in [0.15, 0.2) is 0 Å². The van der Waals surface area contributed by atoms with Crippen molar-refractivity contribution in [2.45, 2.75) is 12.8 Å². The van der Waals surface area contributed by atoms with Gasteiger partial charge in [0.05, 0.1) is 13.0 Å². The van der Waals surface area contributed by atoms with Crippen molar-refractivity contribution in [2.75, 3.05) is 26.2 Å². The Morgan fingerprint density at radius 1 is 1.67 bits per heavy atom. The van der Waals surface area contributed by atoms with Gasteiger partial charge in [0.1, 0.15) is 0 Å². The molecule has 1 fully saturated rings. The molecule has 0 saturated carbocycles. The summed E-state index contributed by atoms with van der Waals surface area (Å²) in [5.41, 5.74) is 1.83. The van der Waals surface area contributed by atoms with Gasteiger partial charge in [-0.1, -0.05) is 5.59 Å². The Labute approximate surface area is 87.8 Å². The van der Waals surface area contributed by atoms with Gasteiger partial charge in [0.25, 0.3) is 0 Å². The molecule has 7 nitrogen and oxygen atoms in total. The van der Waals surface area contributed by atoms with E-state index in [1.165, 1.54) is 0 Å². The van der Waals surface area contributed by atoms with Gasteiger partial charge in [-0.25, -0.2) is 5.84 Å². The first-order valence-corrected chi connectivity index (χ1v) is 4.86. The molecule has 1 saturated heterocycles. The van der Waals surface area contributed by atoms with Crippen molar-refractivity contribution in [1.29, 1.82) is 0 Å². The number of nitrogens with zero attached hydrogens (tertiary/aromatic N) is 1. The molecule has 0 aromatic rings. The maximum atomic E-state index is 11.2. The first-order chi connectivity index (χ1) is 7.22. The third-order valence-electron chi connectivity index (χ3n) is 2.15. The van der Waals surface area contributed by atoms with E-state index >= 15 is 0 Å². The summed E-state index contributed by atoms with van der Waals surface area (Å²) in [6.07, 6.45) is 1.12. The number of carbonyl (C=O) groups is 2. The molecule has 1 aliphatic rings. The second-order valence-electron chi connectivity index (χ2n) is 3.32. The van der Waals surface area contributed by atoms with Gasteiger partial charge in [-0.05, 0) is 6.42 Å². The molecule has 0 bridgehead atoms. The fourth-order valence-electron chi connectivity index (χ4n) is 1.43. The molecular formula is C8H16N4O3. The molecule has 86 valence electrons. The van der Waals surface area contributed by atoms with Gasteiger partial charge >= 0.3 is 5.97 Å². The van der Waals surface area contributed by atoms with E-state index in [9.17, 15) is 9.59 Å². The molecule has 1 heterocycles. The Kier molecular flexibility index (Phi) is 5.02. The van der Waals surface area contributed by atoms with Crippen molar-refractivity contribution in [1.82, 2.24) is 15.8 Å². The Hall–Kier alpha value is -1.18. The van der Waals surface area contributed by atoms with Crippen molar-refractivity contribution in [3.63, 3.8) is 0 Å². The molecule has 0 spiro atoms. The summed E-state index contributed by atoms with van der Waals surface area (Å²) in [5, 5.41) is 2.76. The van der Waals surface area contributed by atoms with Crippen LogP contribution in [0, 0.1) is 0 Å². The SMILES string of the molecule is NNOC(=O)CCN1CCCNC(=O)C1. The van der Waals surface area contributed by atoms with Crippen LogP contribution in [-0.4, -0.2) is 43.0 Å². The largest absolute Gasteiger partial charge is 0.356 e. The van der Waals surface area contributed by atoms with E-state index in [-0.39, 0.29) is 12.3 Å². The van der Waals surface area contributed by atoms with E-state index < -0.39 is 5.97 Å². The summed E-state index contributed by atoms with van der Waals surface area (Å²) in [7, 11) is 0. The molecule has 1 aliphatic heterocycles. The van der Waals surface area contributed by atoms with Crippen LogP contribution >= 0.6 is 0 Å². The van der Waals surface area contributed by atoms with E-state index in [0.717, 1.165) is 13.0 Å². The number of rotatable bonds is 4. The number of carbonyl (C=O) groups excluding carboxylic acids is 2. The van der Waals surface area contributed by atoms with Crippen molar-refractivity contribution < 1.29 is 14.4 Å². The first-order valence-electron chi connectivity index (χ1n) is 4.86. The Morgan fingerprint density at radius 2 is 2.47 bits per heavy atom. The highest BCUT2D eigenvalue weighted by molar-refractivity contribution is 5.78. The smallest absolute Gasteiger partial charge is 0.327 e. The lowest BCUT2D eigenvalue weighted by Crippen LogP contribution is -2.35. The Morgan fingerprint density at radius 3 is 3.20 bits per heavy atom. The van der Waals surface area contributed by atoms with Gasteiger partial charge in [-0.3, -0.25) is 14.5 Å². The normalized spacial score (nSPS) is 18.1. The molecular weight excluding hydrogens is 200 g/mol. The first kappa shape index (κ1) is 11.9. The zero-order valence-electron chi connectivity index (χ0n) is 8.49. The minimum atomic E-state index is -0.429. The summed E-state index contributed by atoms with van der Waals surface area (Å²) in [4.78, 5) is 28.4. The molecule has 15 heavy (non-hydrogen) atoms. The number of hydrazine groups is 1. The average molecular weight is 216 g/mol. The Bertz CT molecular complexity index is 234. The number of amides is 1. The van der Waals surface area contributed by atoms with Crippen LogP contribution in [0.4, 0.5) is 0 Å². The molecule has 0 aliphatic carbocycles. The minimum Gasteiger partial charge on any atom is -0.356 e. The van der Waals surface area contributed by atoms with E-state index in [1.54, 1.807) is 0 Å². The predicted octanol–water partition coefficient (Wildman–Crippen LogP) is -1.88. The summed E-state index contributed by atoms with van der Waals surface area (Å²) in [6, 6.07) is 0. The Balaban J connectivity index is 2.24. The van der Waals surface area contributed by atoms with Crippen LogP contribution in [0.25, 0.3) is 0 Å². The quantitative estimate of drug-likeness (QED) is 0.376. The van der Waals surface area contributed by atoms with Crippen LogP contribution in [0.1, 0.15) is 12.8 Å². The zero-order chi connectivity index (χ0) is 11.1. The third-order valence-corrected chi connectivity index (χ3v) is 2.15. The zero-order valence-corrected chi connectivity index (χ0v) is 8.49. The fourth-order valence-corrected chi connectivity index (χ4v) is 1.43. The van der Waals surface area contributed by atoms with Crippen LogP contribution in [0.5, 0.6) is 0 Å². The standard InChI is InChI=1S/C8H16N4O3/c9-11-15-8(14)2-5-12-4-1-3-10-7(13)6-12/h11H,1-6,9H2,(H,10,13). The van der Waals surface area contributed by atoms with E-state index in [2.05, 4.69) is 10.2 Å². The molecule has 1 rings (SSSR count). The highest BCUT2D eigenvalue weighted by atomic mass is 16.7. The van der Waals surface area contributed by atoms with Crippen molar-refractivity contribution in [3.05, 3.63) is 0 Å². The van der Waals surface area contributed by atoms with E-state index in [4.69, 9.17) is 5.84 Å². The number of hydrogen-bond donors (Lipinski definition) is 3. The second-order valence-corrected chi connectivity index (χ2v) is 3.32. The molecule has 0 aromatic heterocycles. The van der Waals surface area contributed by atoms with E-state index in [1.807, 2.05) is 10.5 Å². The molecule has 1 amide bonds. The molecule has 0 radical (unpaired) electrons. The van der Waals surface area contributed by atoms with Crippen molar-refractivity contribution >= 4 is 11.9 Å². The minimum absolute atomic E-state index is 0.00202. The van der Waals surface area contributed by atoms with Crippen LogP contribution in [-0.2, 0) is 14.4 Å². The van der Waals surface area contributed by atoms with Crippen molar-refractivity contribution in [3.8, 4) is 0 Å².